The zero-order valence-electron chi connectivity index (χ0n) is 11.1. The van der Waals surface area contributed by atoms with Crippen molar-refractivity contribution in [3.05, 3.63) is 52.5 Å². The minimum Gasteiger partial charge on any atom is -0.496 e. The molecule has 2 aromatic rings. The largest absolute Gasteiger partial charge is 0.496 e. The van der Waals surface area contributed by atoms with Crippen LogP contribution in [0.2, 0.25) is 5.02 Å². The maximum atomic E-state index is 12.6. The Morgan fingerprint density at radius 3 is 2.20 bits per heavy atom. The molecule has 0 spiro atoms. The Labute approximate surface area is 122 Å². The van der Waals surface area contributed by atoms with E-state index in [-0.39, 0.29) is 5.78 Å². The summed E-state index contributed by atoms with van der Waals surface area (Å²) in [4.78, 5) is 12.6. The average Bonchev–Trinajstić information content (AvgIpc) is 2.48. The SMILES string of the molecule is COc1cccc(OC)c1C(=O)c1ccc(N)c(Cl)c1. The number of anilines is 1. The number of hydrogen-bond acceptors (Lipinski definition) is 4. The van der Waals surface area contributed by atoms with E-state index >= 15 is 0 Å². The number of ether oxygens (including phenoxy) is 2. The van der Waals surface area contributed by atoms with Crippen LogP contribution in [0.1, 0.15) is 15.9 Å². The molecule has 2 aromatic carbocycles. The molecular formula is C15H14ClNO3. The molecule has 104 valence electrons. The molecule has 0 saturated carbocycles. The molecule has 5 heteroatoms. The highest BCUT2D eigenvalue weighted by Gasteiger charge is 2.20. The topological polar surface area (TPSA) is 61.5 Å². The van der Waals surface area contributed by atoms with Crippen LogP contribution in [0.5, 0.6) is 11.5 Å². The second kappa shape index (κ2) is 5.84. The van der Waals surface area contributed by atoms with Gasteiger partial charge in [-0.25, -0.2) is 0 Å². The number of nitrogens with two attached hydrogens (primary N) is 1. The summed E-state index contributed by atoms with van der Waals surface area (Å²) >= 11 is 5.95. The lowest BCUT2D eigenvalue weighted by atomic mass is 10.0. The van der Waals surface area contributed by atoms with E-state index in [0.717, 1.165) is 0 Å². The van der Waals surface area contributed by atoms with Gasteiger partial charge in [0.05, 0.1) is 24.9 Å². The summed E-state index contributed by atoms with van der Waals surface area (Å²) in [6.07, 6.45) is 0. The van der Waals surface area contributed by atoms with Gasteiger partial charge in [0.15, 0.2) is 0 Å². The standard InChI is InChI=1S/C15H14ClNO3/c1-19-12-4-3-5-13(20-2)14(12)15(18)9-6-7-11(17)10(16)8-9/h3-8H,17H2,1-2H3. The van der Waals surface area contributed by atoms with E-state index in [1.807, 2.05) is 0 Å². The molecule has 4 nitrogen and oxygen atoms in total. The number of ketones is 1. The van der Waals surface area contributed by atoms with Crippen molar-refractivity contribution in [2.24, 2.45) is 0 Å². The molecule has 0 aliphatic carbocycles. The lowest BCUT2D eigenvalue weighted by Crippen LogP contribution is -2.07. The molecule has 2 rings (SSSR count). The summed E-state index contributed by atoms with van der Waals surface area (Å²) in [6, 6.07) is 9.91. The van der Waals surface area contributed by atoms with Crippen LogP contribution in [0.4, 0.5) is 5.69 Å². The van der Waals surface area contributed by atoms with Gasteiger partial charge in [0.1, 0.15) is 17.1 Å². The summed E-state index contributed by atoms with van der Waals surface area (Å²) in [6.45, 7) is 0. The number of halogens is 1. The molecule has 0 amide bonds. The highest BCUT2D eigenvalue weighted by atomic mass is 35.5. The van der Waals surface area contributed by atoms with Crippen molar-refractivity contribution in [3.63, 3.8) is 0 Å². The maximum absolute atomic E-state index is 12.6. The van der Waals surface area contributed by atoms with E-state index in [9.17, 15) is 4.79 Å². The van der Waals surface area contributed by atoms with Gasteiger partial charge in [-0.2, -0.15) is 0 Å². The fourth-order valence-corrected chi connectivity index (χ4v) is 2.07. The molecule has 0 radical (unpaired) electrons. The predicted molar refractivity (Wildman–Crippen MR) is 78.8 cm³/mol. The van der Waals surface area contributed by atoms with Crippen LogP contribution >= 0.6 is 11.6 Å². The quantitative estimate of drug-likeness (QED) is 0.694. The summed E-state index contributed by atoms with van der Waals surface area (Å²) < 4.78 is 10.5. The summed E-state index contributed by atoms with van der Waals surface area (Å²) in [5.41, 5.74) is 6.86. The molecule has 0 aromatic heterocycles. The minimum atomic E-state index is -0.235. The van der Waals surface area contributed by atoms with Gasteiger partial charge in [-0.3, -0.25) is 4.79 Å². The van der Waals surface area contributed by atoms with Crippen molar-refractivity contribution in [3.8, 4) is 11.5 Å². The Hall–Kier alpha value is -2.20. The number of carbonyl (C=O) groups excluding carboxylic acids is 1. The lowest BCUT2D eigenvalue weighted by Gasteiger charge is -2.12. The average molecular weight is 292 g/mol. The summed E-state index contributed by atoms with van der Waals surface area (Å²) in [5.74, 6) is 0.658. The number of benzene rings is 2. The van der Waals surface area contributed by atoms with Gasteiger partial charge in [0.25, 0.3) is 0 Å². The molecule has 0 unspecified atom stereocenters. The van der Waals surface area contributed by atoms with Crippen LogP contribution < -0.4 is 15.2 Å². The second-order valence-corrected chi connectivity index (χ2v) is 4.51. The van der Waals surface area contributed by atoms with Gasteiger partial charge in [-0.1, -0.05) is 17.7 Å². The van der Waals surface area contributed by atoms with Gasteiger partial charge >= 0.3 is 0 Å². The van der Waals surface area contributed by atoms with E-state index < -0.39 is 0 Å². The van der Waals surface area contributed by atoms with Crippen LogP contribution in [0.15, 0.2) is 36.4 Å². The van der Waals surface area contributed by atoms with Crippen molar-refractivity contribution >= 4 is 23.1 Å². The molecule has 0 fully saturated rings. The van der Waals surface area contributed by atoms with Crippen molar-refractivity contribution in [1.82, 2.24) is 0 Å². The second-order valence-electron chi connectivity index (χ2n) is 4.10. The summed E-state index contributed by atoms with van der Waals surface area (Å²) in [5, 5.41) is 0.338. The van der Waals surface area contributed by atoms with Gasteiger partial charge in [-0.15, -0.1) is 0 Å². The number of hydrogen-bond donors (Lipinski definition) is 1. The first-order valence-corrected chi connectivity index (χ1v) is 6.27. The Morgan fingerprint density at radius 2 is 1.70 bits per heavy atom. The third-order valence-electron chi connectivity index (χ3n) is 2.92. The van der Waals surface area contributed by atoms with Crippen LogP contribution in [-0.2, 0) is 0 Å². The number of nitrogen functional groups attached to an aromatic ring is 1. The fourth-order valence-electron chi connectivity index (χ4n) is 1.89. The molecule has 0 aliphatic rings. The lowest BCUT2D eigenvalue weighted by molar-refractivity contribution is 0.103. The molecule has 20 heavy (non-hydrogen) atoms. The van der Waals surface area contributed by atoms with E-state index in [0.29, 0.717) is 33.3 Å². The maximum Gasteiger partial charge on any atom is 0.200 e. The Bertz CT molecular complexity index is 633. The number of rotatable bonds is 4. The molecular weight excluding hydrogens is 278 g/mol. The molecule has 0 bridgehead atoms. The molecule has 0 atom stereocenters. The smallest absolute Gasteiger partial charge is 0.200 e. The van der Waals surface area contributed by atoms with Gasteiger partial charge in [0, 0.05) is 5.56 Å². The Balaban J connectivity index is 2.55. The van der Waals surface area contributed by atoms with Crippen molar-refractivity contribution < 1.29 is 14.3 Å². The Kier molecular flexibility index (Phi) is 4.15. The van der Waals surface area contributed by atoms with Crippen LogP contribution in [0.25, 0.3) is 0 Å². The first-order valence-electron chi connectivity index (χ1n) is 5.89. The van der Waals surface area contributed by atoms with E-state index in [1.165, 1.54) is 20.3 Å². The third kappa shape index (κ3) is 2.56. The van der Waals surface area contributed by atoms with E-state index in [2.05, 4.69) is 0 Å². The predicted octanol–water partition coefficient (Wildman–Crippen LogP) is 3.17. The van der Waals surface area contributed by atoms with E-state index in [4.69, 9.17) is 26.8 Å². The molecule has 2 N–H and O–H groups in total. The van der Waals surface area contributed by atoms with Crippen molar-refractivity contribution in [1.29, 1.82) is 0 Å². The first kappa shape index (κ1) is 14.2. The fraction of sp³-hybridized carbons (Fsp3) is 0.133. The molecule has 0 aliphatic heterocycles. The highest BCUT2D eigenvalue weighted by molar-refractivity contribution is 6.33. The highest BCUT2D eigenvalue weighted by Crippen LogP contribution is 2.31. The third-order valence-corrected chi connectivity index (χ3v) is 3.24. The van der Waals surface area contributed by atoms with Crippen LogP contribution in [-0.4, -0.2) is 20.0 Å². The van der Waals surface area contributed by atoms with Gasteiger partial charge in [-0.05, 0) is 30.3 Å². The van der Waals surface area contributed by atoms with Crippen LogP contribution in [0, 0.1) is 0 Å². The molecule has 0 heterocycles. The van der Waals surface area contributed by atoms with E-state index in [1.54, 1.807) is 30.3 Å². The zero-order chi connectivity index (χ0) is 14.7. The van der Waals surface area contributed by atoms with Crippen molar-refractivity contribution in [2.45, 2.75) is 0 Å². The zero-order valence-corrected chi connectivity index (χ0v) is 11.9. The molecule has 0 saturated heterocycles. The van der Waals surface area contributed by atoms with Crippen LogP contribution in [0.3, 0.4) is 0 Å². The van der Waals surface area contributed by atoms with Gasteiger partial charge in [0.2, 0.25) is 5.78 Å². The normalized spacial score (nSPS) is 10.2. The number of methoxy groups -OCH3 is 2. The minimum absolute atomic E-state index is 0.235. The Morgan fingerprint density at radius 1 is 1.10 bits per heavy atom. The van der Waals surface area contributed by atoms with Gasteiger partial charge < -0.3 is 15.2 Å². The number of carbonyl (C=O) groups is 1. The van der Waals surface area contributed by atoms with Crippen molar-refractivity contribution in [2.75, 3.05) is 20.0 Å². The summed E-state index contributed by atoms with van der Waals surface area (Å²) in [7, 11) is 3.00. The first-order chi connectivity index (χ1) is 9.58. The monoisotopic (exact) mass is 291 g/mol.